The van der Waals surface area contributed by atoms with E-state index in [0.29, 0.717) is 25.6 Å². The standard InChI is InChI=1S/C11H20N2O3S/c1-2-3-8-17(15,16)12-6-7-13(10-4-5-10)11(14)9-12/h10H,2-9H2,1H3. The molecule has 2 aliphatic rings. The molecule has 0 aromatic heterocycles. The average Bonchev–Trinajstić information content (AvgIpc) is 3.10. The van der Waals surface area contributed by atoms with Crippen molar-refractivity contribution >= 4 is 15.9 Å². The lowest BCUT2D eigenvalue weighted by molar-refractivity contribution is -0.134. The number of nitrogens with zero attached hydrogens (tertiary/aromatic N) is 2. The van der Waals surface area contributed by atoms with Crippen LogP contribution in [0.3, 0.4) is 0 Å². The summed E-state index contributed by atoms with van der Waals surface area (Å²) in [5.41, 5.74) is 0. The topological polar surface area (TPSA) is 57.7 Å². The predicted octanol–water partition coefficient (Wildman–Crippen LogP) is 0.423. The van der Waals surface area contributed by atoms with Gasteiger partial charge in [-0.25, -0.2) is 8.42 Å². The molecular weight excluding hydrogens is 240 g/mol. The first-order chi connectivity index (χ1) is 8.04. The maximum atomic E-state index is 11.9. The molecule has 2 rings (SSSR count). The van der Waals surface area contributed by atoms with Crippen LogP contribution in [0.4, 0.5) is 0 Å². The first-order valence-corrected chi connectivity index (χ1v) is 7.93. The van der Waals surface area contributed by atoms with Crippen molar-refractivity contribution in [2.45, 2.75) is 38.6 Å². The molecule has 0 bridgehead atoms. The van der Waals surface area contributed by atoms with E-state index in [4.69, 9.17) is 0 Å². The maximum absolute atomic E-state index is 11.9. The molecule has 98 valence electrons. The lowest BCUT2D eigenvalue weighted by Gasteiger charge is -2.33. The van der Waals surface area contributed by atoms with Crippen molar-refractivity contribution in [2.24, 2.45) is 0 Å². The van der Waals surface area contributed by atoms with Crippen LogP contribution >= 0.6 is 0 Å². The highest BCUT2D eigenvalue weighted by atomic mass is 32.2. The molecule has 0 atom stereocenters. The summed E-state index contributed by atoms with van der Waals surface area (Å²) in [7, 11) is -3.22. The molecule has 1 aliphatic carbocycles. The number of unbranched alkanes of at least 4 members (excludes halogenated alkanes) is 1. The summed E-state index contributed by atoms with van der Waals surface area (Å²) in [5, 5.41) is 0. The van der Waals surface area contributed by atoms with E-state index >= 15 is 0 Å². The molecule has 0 N–H and O–H groups in total. The second-order valence-electron chi connectivity index (χ2n) is 4.82. The van der Waals surface area contributed by atoms with E-state index in [1.165, 1.54) is 4.31 Å². The van der Waals surface area contributed by atoms with Crippen molar-refractivity contribution < 1.29 is 13.2 Å². The van der Waals surface area contributed by atoms with Crippen LogP contribution in [-0.4, -0.2) is 55.0 Å². The van der Waals surface area contributed by atoms with Gasteiger partial charge in [0.2, 0.25) is 15.9 Å². The predicted molar refractivity (Wildman–Crippen MR) is 65.0 cm³/mol. The van der Waals surface area contributed by atoms with Crippen LogP contribution in [0.25, 0.3) is 0 Å². The Kier molecular flexibility index (Phi) is 3.73. The molecule has 1 amide bonds. The van der Waals surface area contributed by atoms with Crippen molar-refractivity contribution in [1.82, 2.24) is 9.21 Å². The molecule has 17 heavy (non-hydrogen) atoms. The summed E-state index contributed by atoms with van der Waals surface area (Å²) < 4.78 is 25.2. The van der Waals surface area contributed by atoms with Gasteiger partial charge < -0.3 is 4.90 Å². The Bertz CT molecular complexity index is 390. The van der Waals surface area contributed by atoms with Crippen LogP contribution in [0.15, 0.2) is 0 Å². The molecular formula is C11H20N2O3S. The van der Waals surface area contributed by atoms with Crippen LogP contribution in [0.1, 0.15) is 32.6 Å². The van der Waals surface area contributed by atoms with Crippen molar-refractivity contribution in [2.75, 3.05) is 25.4 Å². The average molecular weight is 260 g/mol. The minimum atomic E-state index is -3.22. The van der Waals surface area contributed by atoms with Crippen molar-refractivity contribution in [3.63, 3.8) is 0 Å². The highest BCUT2D eigenvalue weighted by Crippen LogP contribution is 2.28. The van der Waals surface area contributed by atoms with Crippen LogP contribution in [0, 0.1) is 0 Å². The fourth-order valence-corrected chi connectivity index (χ4v) is 3.71. The number of hydrogen-bond acceptors (Lipinski definition) is 3. The Morgan fingerprint density at radius 3 is 2.53 bits per heavy atom. The molecule has 0 radical (unpaired) electrons. The Morgan fingerprint density at radius 1 is 1.29 bits per heavy atom. The summed E-state index contributed by atoms with van der Waals surface area (Å²) in [6.45, 7) is 3.04. The fraction of sp³-hybridized carbons (Fsp3) is 0.909. The zero-order valence-electron chi connectivity index (χ0n) is 10.3. The normalized spacial score (nSPS) is 23.1. The lowest BCUT2D eigenvalue weighted by atomic mass is 10.3. The number of carbonyl (C=O) groups excluding carboxylic acids is 1. The van der Waals surface area contributed by atoms with E-state index in [9.17, 15) is 13.2 Å². The molecule has 1 aliphatic heterocycles. The van der Waals surface area contributed by atoms with Crippen molar-refractivity contribution in [1.29, 1.82) is 0 Å². The van der Waals surface area contributed by atoms with Gasteiger partial charge in [-0.2, -0.15) is 4.31 Å². The van der Waals surface area contributed by atoms with Gasteiger partial charge in [0.15, 0.2) is 0 Å². The van der Waals surface area contributed by atoms with Gasteiger partial charge in [-0.15, -0.1) is 0 Å². The van der Waals surface area contributed by atoms with Crippen LogP contribution in [0.2, 0.25) is 0 Å². The highest BCUT2D eigenvalue weighted by molar-refractivity contribution is 7.89. The van der Waals surface area contributed by atoms with Crippen molar-refractivity contribution in [3.05, 3.63) is 0 Å². The summed E-state index contributed by atoms with van der Waals surface area (Å²) >= 11 is 0. The Morgan fingerprint density at radius 2 is 2.00 bits per heavy atom. The van der Waals surface area contributed by atoms with E-state index < -0.39 is 10.0 Å². The maximum Gasteiger partial charge on any atom is 0.238 e. The van der Waals surface area contributed by atoms with E-state index in [0.717, 1.165) is 19.3 Å². The van der Waals surface area contributed by atoms with E-state index in [2.05, 4.69) is 0 Å². The molecule has 1 heterocycles. The monoisotopic (exact) mass is 260 g/mol. The fourth-order valence-electron chi connectivity index (χ4n) is 2.13. The number of piperazine rings is 1. The highest BCUT2D eigenvalue weighted by Gasteiger charge is 2.38. The van der Waals surface area contributed by atoms with Gasteiger partial charge in [-0.1, -0.05) is 13.3 Å². The first kappa shape index (κ1) is 12.8. The Hall–Kier alpha value is -0.620. The zero-order valence-corrected chi connectivity index (χ0v) is 11.1. The number of sulfonamides is 1. The lowest BCUT2D eigenvalue weighted by Crippen LogP contribution is -2.53. The first-order valence-electron chi connectivity index (χ1n) is 6.32. The third-order valence-electron chi connectivity index (χ3n) is 3.36. The third-order valence-corrected chi connectivity index (χ3v) is 5.26. The minimum Gasteiger partial charge on any atom is -0.337 e. The molecule has 0 unspecified atom stereocenters. The largest absolute Gasteiger partial charge is 0.337 e. The van der Waals surface area contributed by atoms with Crippen LogP contribution < -0.4 is 0 Å². The molecule has 0 aromatic carbocycles. The van der Waals surface area contributed by atoms with E-state index in [-0.39, 0.29) is 18.2 Å². The molecule has 0 spiro atoms. The van der Waals surface area contributed by atoms with Gasteiger partial charge in [-0.3, -0.25) is 4.79 Å². The van der Waals surface area contributed by atoms with E-state index in [1.54, 1.807) is 0 Å². The van der Waals surface area contributed by atoms with Gasteiger partial charge in [0, 0.05) is 19.1 Å². The zero-order chi connectivity index (χ0) is 12.5. The third kappa shape index (κ3) is 2.98. The minimum absolute atomic E-state index is 0.0289. The summed E-state index contributed by atoms with van der Waals surface area (Å²) in [6, 6.07) is 0.392. The molecule has 5 nitrogen and oxygen atoms in total. The summed E-state index contributed by atoms with van der Waals surface area (Å²) in [6.07, 6.45) is 3.68. The van der Waals surface area contributed by atoms with Gasteiger partial charge in [0.25, 0.3) is 0 Å². The smallest absolute Gasteiger partial charge is 0.238 e. The number of hydrogen-bond donors (Lipinski definition) is 0. The molecule has 1 saturated heterocycles. The molecule has 2 fully saturated rings. The number of rotatable bonds is 5. The van der Waals surface area contributed by atoms with Crippen molar-refractivity contribution in [3.8, 4) is 0 Å². The van der Waals surface area contributed by atoms with Crippen LogP contribution in [0.5, 0.6) is 0 Å². The molecule has 0 aromatic rings. The molecule has 1 saturated carbocycles. The molecule has 6 heteroatoms. The summed E-state index contributed by atoms with van der Waals surface area (Å²) in [5.74, 6) is 0.138. The Balaban J connectivity index is 1.93. The Labute approximate surface area is 103 Å². The quantitative estimate of drug-likeness (QED) is 0.720. The van der Waals surface area contributed by atoms with E-state index in [1.807, 2.05) is 11.8 Å². The van der Waals surface area contributed by atoms with Crippen LogP contribution in [-0.2, 0) is 14.8 Å². The SMILES string of the molecule is CCCCS(=O)(=O)N1CCN(C2CC2)C(=O)C1. The second-order valence-corrected chi connectivity index (χ2v) is 6.91. The van der Waals surface area contributed by atoms with Gasteiger partial charge in [0.05, 0.1) is 12.3 Å². The number of carbonyl (C=O) groups is 1. The van der Waals surface area contributed by atoms with Gasteiger partial charge >= 0.3 is 0 Å². The van der Waals surface area contributed by atoms with Gasteiger partial charge in [0.1, 0.15) is 0 Å². The second kappa shape index (κ2) is 4.94. The van der Waals surface area contributed by atoms with Gasteiger partial charge in [-0.05, 0) is 19.3 Å². The number of amides is 1. The summed E-state index contributed by atoms with van der Waals surface area (Å²) in [4.78, 5) is 13.7.